The molecule has 0 saturated heterocycles. The Morgan fingerprint density at radius 2 is 2.42 bits per heavy atom. The molecule has 0 aromatic rings. The maximum atomic E-state index is 11.8. The molecular formula is C13H16N2O4. The Bertz CT molecular complexity index is 507. The maximum absolute atomic E-state index is 11.8. The fraction of sp³-hybridized carbons (Fsp3) is 0.462. The third-order valence-corrected chi connectivity index (χ3v) is 3.57. The molecule has 0 amide bonds. The van der Waals surface area contributed by atoms with Gasteiger partial charge in [0, 0.05) is 11.1 Å². The van der Waals surface area contributed by atoms with Crippen LogP contribution in [0.2, 0.25) is 0 Å². The van der Waals surface area contributed by atoms with Gasteiger partial charge in [-0.05, 0) is 24.5 Å². The number of nitrogens with zero attached hydrogens (tertiary/aromatic N) is 1. The lowest BCUT2D eigenvalue weighted by atomic mass is 9.80. The van der Waals surface area contributed by atoms with E-state index in [9.17, 15) is 14.9 Å². The second-order valence-corrected chi connectivity index (χ2v) is 4.88. The van der Waals surface area contributed by atoms with Crippen LogP contribution in [0.5, 0.6) is 0 Å². The fourth-order valence-electron chi connectivity index (χ4n) is 2.51. The van der Waals surface area contributed by atoms with Crippen LogP contribution in [0.25, 0.3) is 0 Å². The normalized spacial score (nSPS) is 25.8. The van der Waals surface area contributed by atoms with E-state index in [0.29, 0.717) is 5.57 Å². The lowest BCUT2D eigenvalue weighted by Gasteiger charge is -2.29. The molecule has 6 nitrogen and oxygen atoms in total. The highest BCUT2D eigenvalue weighted by molar-refractivity contribution is 5.78. The van der Waals surface area contributed by atoms with Gasteiger partial charge in [0.1, 0.15) is 5.92 Å². The van der Waals surface area contributed by atoms with E-state index in [2.05, 4.69) is 10.1 Å². The van der Waals surface area contributed by atoms with Gasteiger partial charge in [0.25, 0.3) is 0 Å². The van der Waals surface area contributed by atoms with Crippen molar-refractivity contribution in [2.45, 2.75) is 18.9 Å². The molecule has 0 aromatic heterocycles. The quantitative estimate of drug-likeness (QED) is 0.468. The van der Waals surface area contributed by atoms with Gasteiger partial charge in [0.05, 0.1) is 12.6 Å². The van der Waals surface area contributed by atoms with Crippen molar-refractivity contribution < 1.29 is 14.5 Å². The first-order valence-corrected chi connectivity index (χ1v) is 6.03. The number of rotatable bonds is 4. The number of carbonyl (C=O) groups is 1. The molecule has 2 unspecified atom stereocenters. The molecule has 2 atom stereocenters. The van der Waals surface area contributed by atoms with E-state index in [1.54, 1.807) is 6.20 Å². The van der Waals surface area contributed by atoms with E-state index >= 15 is 0 Å². The third-order valence-electron chi connectivity index (χ3n) is 3.57. The maximum Gasteiger partial charge on any atom is 0.319 e. The largest absolute Gasteiger partial charge is 0.468 e. The first-order valence-electron chi connectivity index (χ1n) is 6.03. The third kappa shape index (κ3) is 2.38. The Morgan fingerprint density at radius 3 is 3.05 bits per heavy atom. The summed E-state index contributed by atoms with van der Waals surface area (Å²) in [7, 11) is 1.24. The summed E-state index contributed by atoms with van der Waals surface area (Å²) < 4.78 is 4.68. The zero-order valence-corrected chi connectivity index (χ0v) is 10.9. The summed E-state index contributed by atoms with van der Waals surface area (Å²) in [5, 5.41) is 13.9. The molecule has 2 aliphatic rings. The highest BCUT2D eigenvalue weighted by atomic mass is 16.6. The molecule has 1 heterocycles. The summed E-state index contributed by atoms with van der Waals surface area (Å²) in [6, 6.07) is 0. The van der Waals surface area contributed by atoms with Gasteiger partial charge >= 0.3 is 5.97 Å². The van der Waals surface area contributed by atoms with E-state index in [1.807, 2.05) is 25.2 Å². The van der Waals surface area contributed by atoms with Crippen LogP contribution in [0, 0.1) is 16.0 Å². The Labute approximate surface area is 111 Å². The van der Waals surface area contributed by atoms with Crippen LogP contribution >= 0.6 is 0 Å². The highest BCUT2D eigenvalue weighted by Crippen LogP contribution is 2.38. The second kappa shape index (κ2) is 4.87. The number of hydrogen-bond donors (Lipinski definition) is 1. The standard InChI is InChI=1S/C13H16N2O4/c1-13-6-4-3-5-11(13)9(7-14-13)10(8-15(17)18)12(16)19-2/h3-5,7,10,14H,6,8H2,1-2H3. The van der Waals surface area contributed by atoms with Crippen LogP contribution < -0.4 is 5.32 Å². The van der Waals surface area contributed by atoms with Crippen molar-refractivity contribution in [3.8, 4) is 0 Å². The van der Waals surface area contributed by atoms with Crippen molar-refractivity contribution in [1.29, 1.82) is 0 Å². The molecule has 0 saturated carbocycles. The Kier molecular flexibility index (Phi) is 3.42. The highest BCUT2D eigenvalue weighted by Gasteiger charge is 2.42. The van der Waals surface area contributed by atoms with Crippen LogP contribution in [-0.4, -0.2) is 30.1 Å². The molecular weight excluding hydrogens is 248 g/mol. The predicted octanol–water partition coefficient (Wildman–Crippen LogP) is 1.18. The van der Waals surface area contributed by atoms with Crippen molar-refractivity contribution in [3.05, 3.63) is 45.7 Å². The minimum atomic E-state index is -0.868. The smallest absolute Gasteiger partial charge is 0.319 e. The average molecular weight is 264 g/mol. The molecule has 0 radical (unpaired) electrons. The summed E-state index contributed by atoms with van der Waals surface area (Å²) in [4.78, 5) is 22.0. The van der Waals surface area contributed by atoms with Crippen LogP contribution in [0.4, 0.5) is 0 Å². The number of ether oxygens (including phenoxy) is 1. The van der Waals surface area contributed by atoms with Crippen molar-refractivity contribution in [1.82, 2.24) is 5.32 Å². The van der Waals surface area contributed by atoms with E-state index in [4.69, 9.17) is 0 Å². The van der Waals surface area contributed by atoms with Crippen molar-refractivity contribution in [2.75, 3.05) is 13.7 Å². The number of carbonyl (C=O) groups excluding carboxylic acids is 1. The molecule has 102 valence electrons. The first-order chi connectivity index (χ1) is 8.98. The summed E-state index contributed by atoms with van der Waals surface area (Å²) in [5.41, 5.74) is 1.29. The number of nitrogens with one attached hydrogen (secondary N) is 1. The number of fused-ring (bicyclic) bond motifs is 1. The monoisotopic (exact) mass is 264 g/mol. The average Bonchev–Trinajstić information content (AvgIpc) is 2.72. The topological polar surface area (TPSA) is 81.5 Å². The molecule has 0 fully saturated rings. The van der Waals surface area contributed by atoms with E-state index < -0.39 is 23.4 Å². The number of allylic oxidation sites excluding steroid dienone is 2. The summed E-state index contributed by atoms with van der Waals surface area (Å²) in [6.45, 7) is 1.55. The van der Waals surface area contributed by atoms with E-state index in [-0.39, 0.29) is 5.54 Å². The minimum absolute atomic E-state index is 0.285. The Hall–Kier alpha value is -2.11. The summed E-state index contributed by atoms with van der Waals surface area (Å²) in [5.74, 6) is -1.45. The van der Waals surface area contributed by atoms with Gasteiger partial charge in [-0.25, -0.2) is 0 Å². The summed E-state index contributed by atoms with van der Waals surface area (Å²) >= 11 is 0. The van der Waals surface area contributed by atoms with Gasteiger partial charge in [-0.3, -0.25) is 14.9 Å². The molecule has 0 spiro atoms. The number of methoxy groups -OCH3 is 1. The van der Waals surface area contributed by atoms with Gasteiger partial charge in [-0.15, -0.1) is 0 Å². The molecule has 0 aromatic carbocycles. The lowest BCUT2D eigenvalue weighted by Crippen LogP contribution is -2.38. The van der Waals surface area contributed by atoms with Gasteiger partial charge in [0.15, 0.2) is 0 Å². The van der Waals surface area contributed by atoms with Crippen molar-refractivity contribution >= 4 is 5.97 Å². The number of hydrogen-bond acceptors (Lipinski definition) is 5. The van der Waals surface area contributed by atoms with Crippen LogP contribution in [0.1, 0.15) is 13.3 Å². The molecule has 6 heteroatoms. The van der Waals surface area contributed by atoms with Crippen molar-refractivity contribution in [2.24, 2.45) is 5.92 Å². The van der Waals surface area contributed by atoms with Gasteiger partial charge < -0.3 is 10.1 Å². The molecule has 0 bridgehead atoms. The second-order valence-electron chi connectivity index (χ2n) is 4.88. The predicted molar refractivity (Wildman–Crippen MR) is 68.8 cm³/mol. The SMILES string of the molecule is COC(=O)C(C[N+](=O)[O-])C1=CNC2(C)CC=CC=C12. The van der Waals surface area contributed by atoms with E-state index in [1.165, 1.54) is 7.11 Å². The van der Waals surface area contributed by atoms with Gasteiger partial charge in [-0.2, -0.15) is 0 Å². The zero-order valence-electron chi connectivity index (χ0n) is 10.9. The van der Waals surface area contributed by atoms with Crippen molar-refractivity contribution in [3.63, 3.8) is 0 Å². The molecule has 1 aliphatic heterocycles. The number of esters is 1. The van der Waals surface area contributed by atoms with Crippen LogP contribution in [0.3, 0.4) is 0 Å². The Balaban J connectivity index is 2.32. The van der Waals surface area contributed by atoms with E-state index in [0.717, 1.165) is 12.0 Å². The fourth-order valence-corrected chi connectivity index (χ4v) is 2.51. The zero-order chi connectivity index (χ0) is 14.0. The number of nitro groups is 1. The molecule has 2 rings (SSSR count). The molecule has 19 heavy (non-hydrogen) atoms. The first kappa shape index (κ1) is 13.3. The van der Waals surface area contributed by atoms with Gasteiger partial charge in [0.2, 0.25) is 6.54 Å². The van der Waals surface area contributed by atoms with Crippen LogP contribution in [-0.2, 0) is 9.53 Å². The molecule has 1 N–H and O–H groups in total. The summed E-state index contributed by atoms with van der Waals surface area (Å²) in [6.07, 6.45) is 8.30. The Morgan fingerprint density at radius 1 is 1.68 bits per heavy atom. The van der Waals surface area contributed by atoms with Gasteiger partial charge in [-0.1, -0.05) is 18.2 Å². The van der Waals surface area contributed by atoms with Crippen LogP contribution in [0.15, 0.2) is 35.6 Å². The lowest BCUT2D eigenvalue weighted by molar-refractivity contribution is -0.484. The minimum Gasteiger partial charge on any atom is -0.468 e. The molecule has 1 aliphatic carbocycles.